The van der Waals surface area contributed by atoms with E-state index in [1.165, 1.54) is 18.3 Å². The fraction of sp³-hybridized carbons (Fsp3) is 0.0870. The van der Waals surface area contributed by atoms with E-state index < -0.39 is 20.9 Å². The van der Waals surface area contributed by atoms with E-state index in [2.05, 4.69) is 15.5 Å². The van der Waals surface area contributed by atoms with Gasteiger partial charge in [-0.3, -0.25) is 14.3 Å². The number of aryl methyl sites for hydroxylation is 1. The number of pyridine rings is 1. The molecule has 2 aromatic heterocycles. The highest BCUT2D eigenvalue weighted by Gasteiger charge is 2.16. The predicted molar refractivity (Wildman–Crippen MR) is 140 cm³/mol. The van der Waals surface area contributed by atoms with Gasteiger partial charge in [-0.2, -0.15) is 8.42 Å². The molecule has 0 aliphatic rings. The number of nitrogens with one attached hydrogen (secondary N) is 1. The topological polar surface area (TPSA) is 122 Å². The minimum Gasteiger partial charge on any atom is -0.354 e. The molecule has 0 bridgehead atoms. The zero-order valence-corrected chi connectivity index (χ0v) is 22.2. The molecular weight excluding hydrogens is 572 g/mol. The van der Waals surface area contributed by atoms with E-state index in [1.807, 2.05) is 6.92 Å². The molecule has 0 atom stereocenters. The Morgan fingerprint density at radius 1 is 1.00 bits per heavy atom. The summed E-state index contributed by atoms with van der Waals surface area (Å²) in [6.45, 7) is 1.84. The monoisotopic (exact) mass is 587 g/mol. The third-order valence-electron chi connectivity index (χ3n) is 4.53. The van der Waals surface area contributed by atoms with Gasteiger partial charge in [-0.25, -0.2) is 0 Å². The van der Waals surface area contributed by atoms with Crippen LogP contribution in [0.15, 0.2) is 76.3 Å². The highest BCUT2D eigenvalue weighted by molar-refractivity contribution is 7.85. The van der Waals surface area contributed by atoms with Gasteiger partial charge in [0.1, 0.15) is 11.4 Å². The van der Waals surface area contributed by atoms with Gasteiger partial charge in [-0.1, -0.05) is 75.3 Å². The largest absolute Gasteiger partial charge is 0.354 e. The van der Waals surface area contributed by atoms with Crippen LogP contribution in [0.1, 0.15) is 5.56 Å². The van der Waals surface area contributed by atoms with Crippen LogP contribution in [0.4, 0.5) is 5.69 Å². The Morgan fingerprint density at radius 3 is 2.22 bits per heavy atom. The highest BCUT2D eigenvalue weighted by atomic mass is 35.5. The summed E-state index contributed by atoms with van der Waals surface area (Å²) in [6, 6.07) is 16.0. The van der Waals surface area contributed by atoms with Crippen molar-refractivity contribution in [1.82, 2.24) is 10.1 Å². The minimum absolute atomic E-state index is 0.0666. The Balaban J connectivity index is 0.000000275. The molecule has 2 aromatic carbocycles. The van der Waals surface area contributed by atoms with Crippen molar-refractivity contribution in [3.05, 3.63) is 82.5 Å². The molecule has 0 aliphatic heterocycles. The summed E-state index contributed by atoms with van der Waals surface area (Å²) in [7, 11) is -4.02. The standard InChI is InChI=1S/C16H9Cl4N3O2.C7H8O3S/c17-9-2-1-3-10(18)14(9)12-7-13(25-23-12)11-6-8(4-5-21-11)22-16(24)15(19)20;1-6-2-4-7(5-3-6)11(8,9)10/h1-7,15H,(H,21,22,24);2-5H,1H3,(H,8,9,10). The number of hydrogen-bond donors (Lipinski definition) is 2. The van der Waals surface area contributed by atoms with Crippen molar-refractivity contribution < 1.29 is 22.3 Å². The van der Waals surface area contributed by atoms with Gasteiger partial charge >= 0.3 is 0 Å². The number of benzene rings is 2. The lowest BCUT2D eigenvalue weighted by atomic mass is 10.1. The van der Waals surface area contributed by atoms with Crippen molar-refractivity contribution in [2.45, 2.75) is 16.7 Å². The molecule has 1 amide bonds. The Morgan fingerprint density at radius 2 is 1.64 bits per heavy atom. The highest BCUT2D eigenvalue weighted by Crippen LogP contribution is 2.35. The number of carbonyl (C=O) groups excluding carboxylic acids is 1. The number of rotatable bonds is 5. The first kappa shape index (κ1) is 27.9. The number of nitrogens with zero attached hydrogens (tertiary/aromatic N) is 2. The summed E-state index contributed by atoms with van der Waals surface area (Å²) in [5.41, 5.74) is 2.92. The molecule has 4 rings (SSSR count). The maximum atomic E-state index is 11.6. The number of alkyl halides is 2. The average Bonchev–Trinajstić information content (AvgIpc) is 3.29. The van der Waals surface area contributed by atoms with Crippen LogP contribution in [0.5, 0.6) is 0 Å². The van der Waals surface area contributed by atoms with Gasteiger partial charge < -0.3 is 9.84 Å². The van der Waals surface area contributed by atoms with Crippen molar-refractivity contribution in [3.8, 4) is 22.7 Å². The Kier molecular flexibility index (Phi) is 9.35. The van der Waals surface area contributed by atoms with Crippen LogP contribution in [0.3, 0.4) is 0 Å². The summed E-state index contributed by atoms with van der Waals surface area (Å²) in [6.07, 6.45) is 1.51. The van der Waals surface area contributed by atoms with Crippen LogP contribution in [-0.4, -0.2) is 33.9 Å². The lowest BCUT2D eigenvalue weighted by molar-refractivity contribution is -0.114. The first-order valence-corrected chi connectivity index (χ1v) is 13.0. The van der Waals surface area contributed by atoms with E-state index in [-0.39, 0.29) is 4.90 Å². The van der Waals surface area contributed by atoms with Crippen LogP contribution in [0, 0.1) is 6.92 Å². The molecule has 36 heavy (non-hydrogen) atoms. The Labute approximate surface area is 226 Å². The molecule has 0 radical (unpaired) electrons. The van der Waals surface area contributed by atoms with Crippen molar-refractivity contribution in [2.75, 3.05) is 5.32 Å². The number of aromatic nitrogens is 2. The Hall–Kier alpha value is -2.66. The fourth-order valence-corrected chi connectivity index (χ4v) is 3.99. The second-order valence-corrected chi connectivity index (χ2v) is 10.5. The summed E-state index contributed by atoms with van der Waals surface area (Å²) in [5.74, 6) is -0.156. The molecule has 0 spiro atoms. The maximum Gasteiger partial charge on any atom is 0.294 e. The van der Waals surface area contributed by atoms with Gasteiger partial charge in [0.05, 0.1) is 14.9 Å². The van der Waals surface area contributed by atoms with Crippen LogP contribution < -0.4 is 5.32 Å². The van der Waals surface area contributed by atoms with Gasteiger partial charge in [0.25, 0.3) is 16.0 Å². The third-order valence-corrected chi connectivity index (χ3v) is 6.42. The third kappa shape index (κ3) is 7.42. The van der Waals surface area contributed by atoms with E-state index >= 15 is 0 Å². The Bertz CT molecular complexity index is 1460. The first-order valence-electron chi connectivity index (χ1n) is 9.96. The summed E-state index contributed by atoms with van der Waals surface area (Å²) < 4.78 is 34.9. The zero-order valence-electron chi connectivity index (χ0n) is 18.3. The van der Waals surface area contributed by atoms with E-state index in [0.717, 1.165) is 5.56 Å². The van der Waals surface area contributed by atoms with E-state index in [9.17, 15) is 13.2 Å². The maximum absolute atomic E-state index is 11.6. The van der Waals surface area contributed by atoms with Gasteiger partial charge in [0.15, 0.2) is 10.6 Å². The predicted octanol–water partition coefficient (Wildman–Crippen LogP) is 6.69. The summed E-state index contributed by atoms with van der Waals surface area (Å²) >= 11 is 23.4. The second kappa shape index (κ2) is 12.1. The molecule has 0 saturated heterocycles. The number of anilines is 1. The first-order chi connectivity index (χ1) is 17.0. The van der Waals surface area contributed by atoms with Crippen molar-refractivity contribution >= 4 is 68.1 Å². The van der Waals surface area contributed by atoms with Crippen molar-refractivity contribution in [3.63, 3.8) is 0 Å². The minimum atomic E-state index is -4.02. The number of halogens is 4. The number of carbonyl (C=O) groups is 1. The molecule has 8 nitrogen and oxygen atoms in total. The quantitative estimate of drug-likeness (QED) is 0.196. The molecule has 0 saturated carbocycles. The van der Waals surface area contributed by atoms with Crippen LogP contribution >= 0.6 is 46.4 Å². The zero-order chi connectivity index (χ0) is 26.5. The number of hydrogen-bond acceptors (Lipinski definition) is 6. The molecule has 13 heteroatoms. The molecule has 2 heterocycles. The average molecular weight is 589 g/mol. The molecule has 0 unspecified atom stereocenters. The fourth-order valence-electron chi connectivity index (χ4n) is 2.81. The molecule has 188 valence electrons. The van der Waals surface area contributed by atoms with Crippen LogP contribution in [0.2, 0.25) is 10.0 Å². The van der Waals surface area contributed by atoms with E-state index in [4.69, 9.17) is 55.5 Å². The van der Waals surface area contributed by atoms with Gasteiger partial charge in [-0.15, -0.1) is 0 Å². The van der Waals surface area contributed by atoms with E-state index in [1.54, 1.807) is 48.5 Å². The SMILES string of the molecule is Cc1ccc(S(=O)(=O)O)cc1.O=C(Nc1ccnc(-c2cc(-c3c(Cl)cccc3Cl)no2)c1)C(Cl)Cl. The summed E-state index contributed by atoms with van der Waals surface area (Å²) in [4.78, 5) is 14.5. The van der Waals surface area contributed by atoms with Crippen molar-refractivity contribution in [1.29, 1.82) is 0 Å². The van der Waals surface area contributed by atoms with Crippen molar-refractivity contribution in [2.24, 2.45) is 0 Å². The second-order valence-electron chi connectivity index (χ2n) is 7.18. The molecule has 2 N–H and O–H groups in total. The molecule has 0 fully saturated rings. The lowest BCUT2D eigenvalue weighted by Crippen LogP contribution is -2.18. The van der Waals surface area contributed by atoms with Gasteiger partial charge in [0.2, 0.25) is 0 Å². The van der Waals surface area contributed by atoms with Gasteiger partial charge in [-0.05, 0) is 43.3 Å². The number of amides is 1. The summed E-state index contributed by atoms with van der Waals surface area (Å²) in [5, 5.41) is 7.46. The van der Waals surface area contributed by atoms with Crippen LogP contribution in [0.25, 0.3) is 22.7 Å². The lowest BCUT2D eigenvalue weighted by Gasteiger charge is -2.05. The van der Waals surface area contributed by atoms with Crippen LogP contribution in [-0.2, 0) is 14.9 Å². The smallest absolute Gasteiger partial charge is 0.294 e. The van der Waals surface area contributed by atoms with E-state index in [0.29, 0.717) is 38.4 Å². The normalized spacial score (nSPS) is 11.1. The molecule has 0 aliphatic carbocycles. The van der Waals surface area contributed by atoms with Gasteiger partial charge in [0, 0.05) is 23.5 Å². The molecular formula is C23H17Cl4N3O5S. The molecule has 4 aromatic rings.